The molecule has 0 unspecified atom stereocenters. The first-order valence-electron chi connectivity index (χ1n) is 8.86. The number of nitrogens with one attached hydrogen (secondary N) is 2. The number of aromatic nitrogens is 2. The molecular formula is C21H21FN4O2. The van der Waals surface area contributed by atoms with Crippen LogP contribution >= 0.6 is 0 Å². The molecule has 0 atom stereocenters. The number of halogens is 1. The maximum Gasteiger partial charge on any atom is 0.270 e. The number of hydrogen-bond acceptors (Lipinski definition) is 5. The highest BCUT2D eigenvalue weighted by Crippen LogP contribution is 2.19. The lowest BCUT2D eigenvalue weighted by molar-refractivity contribution is 0.0932. The van der Waals surface area contributed by atoms with E-state index in [4.69, 9.17) is 4.74 Å². The van der Waals surface area contributed by atoms with E-state index in [1.54, 1.807) is 31.4 Å². The lowest BCUT2D eigenvalue weighted by Gasteiger charge is -2.11. The molecule has 2 N–H and O–H groups in total. The monoisotopic (exact) mass is 380 g/mol. The summed E-state index contributed by atoms with van der Waals surface area (Å²) in [4.78, 5) is 21.3. The van der Waals surface area contributed by atoms with Crippen LogP contribution in [0, 0.1) is 5.82 Å². The van der Waals surface area contributed by atoms with Crippen molar-refractivity contribution in [3.8, 4) is 11.4 Å². The molecule has 0 aliphatic rings. The van der Waals surface area contributed by atoms with Gasteiger partial charge in [-0.1, -0.05) is 48.5 Å². The minimum absolute atomic E-state index is 0.223. The minimum atomic E-state index is -0.328. The standard InChI is InChI=1S/C21H21FN4O2/c1-28-12-11-23-21(27)18-13-19(24-14-16-9-5-6-10-17(16)22)26-20(25-18)15-7-3-2-4-8-15/h2-10,13H,11-12,14H2,1H3,(H,23,27)(H,24,25,26). The van der Waals surface area contributed by atoms with Crippen LogP contribution in [0.3, 0.4) is 0 Å². The molecule has 0 radical (unpaired) electrons. The van der Waals surface area contributed by atoms with Crippen molar-refractivity contribution < 1.29 is 13.9 Å². The Labute approximate surface area is 162 Å². The molecule has 0 bridgehead atoms. The Balaban J connectivity index is 1.86. The third kappa shape index (κ3) is 5.11. The second kappa shape index (κ2) is 9.57. The number of amides is 1. The van der Waals surface area contributed by atoms with Crippen LogP contribution in [0.25, 0.3) is 11.4 Å². The van der Waals surface area contributed by atoms with E-state index in [1.165, 1.54) is 6.07 Å². The zero-order valence-corrected chi connectivity index (χ0v) is 15.5. The molecule has 3 aromatic rings. The van der Waals surface area contributed by atoms with E-state index in [9.17, 15) is 9.18 Å². The quantitative estimate of drug-likeness (QED) is 0.587. The Morgan fingerprint density at radius 3 is 2.57 bits per heavy atom. The molecule has 0 aliphatic heterocycles. The summed E-state index contributed by atoms with van der Waals surface area (Å²) in [6.07, 6.45) is 0. The van der Waals surface area contributed by atoms with E-state index < -0.39 is 0 Å². The average Bonchev–Trinajstić information content (AvgIpc) is 2.73. The van der Waals surface area contributed by atoms with Crippen LogP contribution < -0.4 is 10.6 Å². The van der Waals surface area contributed by atoms with E-state index in [0.29, 0.717) is 30.4 Å². The minimum Gasteiger partial charge on any atom is -0.383 e. The van der Waals surface area contributed by atoms with Crippen LogP contribution in [0.5, 0.6) is 0 Å². The zero-order valence-electron chi connectivity index (χ0n) is 15.5. The first-order valence-corrected chi connectivity index (χ1v) is 8.86. The van der Waals surface area contributed by atoms with E-state index in [0.717, 1.165) is 5.56 Å². The number of nitrogens with zero attached hydrogens (tertiary/aromatic N) is 2. The molecule has 3 rings (SSSR count). The van der Waals surface area contributed by atoms with Gasteiger partial charge in [0.15, 0.2) is 5.82 Å². The topological polar surface area (TPSA) is 76.1 Å². The fourth-order valence-electron chi connectivity index (χ4n) is 2.56. The number of anilines is 1. The summed E-state index contributed by atoms with van der Waals surface area (Å²) in [5.74, 6) is 0.223. The molecule has 0 aliphatic carbocycles. The number of hydrogen-bond donors (Lipinski definition) is 2. The van der Waals surface area contributed by atoms with Gasteiger partial charge in [-0.3, -0.25) is 4.79 Å². The summed E-state index contributed by atoms with van der Waals surface area (Å²) in [5, 5.41) is 5.83. The summed E-state index contributed by atoms with van der Waals surface area (Å²) >= 11 is 0. The Bertz CT molecular complexity index is 935. The largest absolute Gasteiger partial charge is 0.383 e. The second-order valence-corrected chi connectivity index (χ2v) is 6.02. The smallest absolute Gasteiger partial charge is 0.270 e. The summed E-state index contributed by atoms with van der Waals surface area (Å²) in [5.41, 5.74) is 1.51. The number of carbonyl (C=O) groups excluding carboxylic acids is 1. The van der Waals surface area contributed by atoms with E-state index >= 15 is 0 Å². The van der Waals surface area contributed by atoms with Crippen LogP contribution in [0.15, 0.2) is 60.7 Å². The maximum absolute atomic E-state index is 13.9. The number of ether oxygens (including phenoxy) is 1. The summed E-state index contributed by atoms with van der Waals surface area (Å²) in [6, 6.07) is 17.4. The maximum atomic E-state index is 13.9. The SMILES string of the molecule is COCCNC(=O)c1cc(NCc2ccccc2F)nc(-c2ccccc2)n1. The molecule has 0 spiro atoms. The van der Waals surface area contributed by atoms with Gasteiger partial charge < -0.3 is 15.4 Å². The molecule has 6 nitrogen and oxygen atoms in total. The molecule has 1 aromatic heterocycles. The van der Waals surface area contributed by atoms with Crippen molar-refractivity contribution in [2.75, 3.05) is 25.6 Å². The number of carbonyl (C=O) groups is 1. The summed E-state index contributed by atoms with van der Waals surface area (Å²) in [6.45, 7) is 1.02. The molecule has 28 heavy (non-hydrogen) atoms. The van der Waals surface area contributed by atoms with Crippen molar-refractivity contribution in [2.24, 2.45) is 0 Å². The van der Waals surface area contributed by atoms with Gasteiger partial charge in [0.1, 0.15) is 17.3 Å². The molecule has 1 heterocycles. The average molecular weight is 380 g/mol. The van der Waals surface area contributed by atoms with Crippen LogP contribution in [-0.4, -0.2) is 36.1 Å². The molecule has 1 amide bonds. The van der Waals surface area contributed by atoms with Gasteiger partial charge in [-0.25, -0.2) is 14.4 Å². The molecule has 7 heteroatoms. The lowest BCUT2D eigenvalue weighted by Crippen LogP contribution is -2.28. The normalized spacial score (nSPS) is 10.5. The first-order chi connectivity index (χ1) is 13.7. The Kier molecular flexibility index (Phi) is 6.64. The van der Waals surface area contributed by atoms with Crippen molar-refractivity contribution in [2.45, 2.75) is 6.54 Å². The number of methoxy groups -OCH3 is 1. The van der Waals surface area contributed by atoms with E-state index in [2.05, 4.69) is 20.6 Å². The van der Waals surface area contributed by atoms with Crippen molar-refractivity contribution in [1.82, 2.24) is 15.3 Å². The lowest BCUT2D eigenvalue weighted by atomic mass is 10.2. The van der Waals surface area contributed by atoms with Crippen LogP contribution in [-0.2, 0) is 11.3 Å². The van der Waals surface area contributed by atoms with Crippen molar-refractivity contribution in [3.05, 3.63) is 77.7 Å². The fraction of sp³-hybridized carbons (Fsp3) is 0.190. The summed E-state index contributed by atoms with van der Waals surface area (Å²) in [7, 11) is 1.56. The van der Waals surface area contributed by atoms with E-state index in [1.807, 2.05) is 30.3 Å². The highest BCUT2D eigenvalue weighted by atomic mass is 19.1. The predicted octanol–water partition coefficient (Wildman–Crippen LogP) is 3.27. The van der Waals surface area contributed by atoms with Crippen molar-refractivity contribution >= 4 is 11.7 Å². The molecule has 0 saturated heterocycles. The third-order valence-corrected chi connectivity index (χ3v) is 4.00. The van der Waals surface area contributed by atoms with Gasteiger partial charge in [0.05, 0.1) is 6.61 Å². The molecular weight excluding hydrogens is 359 g/mol. The van der Waals surface area contributed by atoms with Gasteiger partial charge in [0.25, 0.3) is 5.91 Å². The molecule has 0 fully saturated rings. The van der Waals surface area contributed by atoms with Crippen molar-refractivity contribution in [3.63, 3.8) is 0 Å². The number of benzene rings is 2. The predicted molar refractivity (Wildman–Crippen MR) is 105 cm³/mol. The van der Waals surface area contributed by atoms with E-state index in [-0.39, 0.29) is 24.0 Å². The van der Waals surface area contributed by atoms with Gasteiger partial charge >= 0.3 is 0 Å². The van der Waals surface area contributed by atoms with Crippen LogP contribution in [0.2, 0.25) is 0 Å². The van der Waals surface area contributed by atoms with Crippen LogP contribution in [0.1, 0.15) is 16.1 Å². The summed E-state index contributed by atoms with van der Waals surface area (Å²) < 4.78 is 18.8. The molecule has 0 saturated carbocycles. The third-order valence-electron chi connectivity index (χ3n) is 4.00. The van der Waals surface area contributed by atoms with Gasteiger partial charge in [0, 0.05) is 37.4 Å². The Morgan fingerprint density at radius 2 is 1.82 bits per heavy atom. The zero-order chi connectivity index (χ0) is 19.8. The molecule has 144 valence electrons. The van der Waals surface area contributed by atoms with Gasteiger partial charge in [-0.05, 0) is 6.07 Å². The van der Waals surface area contributed by atoms with Gasteiger partial charge in [-0.15, -0.1) is 0 Å². The van der Waals surface area contributed by atoms with Gasteiger partial charge in [-0.2, -0.15) is 0 Å². The second-order valence-electron chi connectivity index (χ2n) is 6.02. The number of rotatable bonds is 8. The fourth-order valence-corrected chi connectivity index (χ4v) is 2.56. The molecule has 2 aromatic carbocycles. The Hall–Kier alpha value is -3.32. The van der Waals surface area contributed by atoms with Gasteiger partial charge in [0.2, 0.25) is 0 Å². The Morgan fingerprint density at radius 1 is 1.07 bits per heavy atom. The van der Waals surface area contributed by atoms with Crippen LogP contribution in [0.4, 0.5) is 10.2 Å². The highest BCUT2D eigenvalue weighted by molar-refractivity contribution is 5.93. The highest BCUT2D eigenvalue weighted by Gasteiger charge is 2.13. The first kappa shape index (κ1) is 19.4. The van der Waals surface area contributed by atoms with Crippen molar-refractivity contribution in [1.29, 1.82) is 0 Å².